The van der Waals surface area contributed by atoms with Crippen LogP contribution in [0.25, 0.3) is 0 Å². The molecule has 0 atom stereocenters. The third-order valence-electron chi connectivity index (χ3n) is 3.65. The van der Waals surface area contributed by atoms with Gasteiger partial charge in [-0.25, -0.2) is 15.0 Å². The van der Waals surface area contributed by atoms with E-state index in [2.05, 4.69) is 9.97 Å². The van der Waals surface area contributed by atoms with Crippen molar-refractivity contribution in [2.45, 2.75) is 26.7 Å². The molecule has 0 radical (unpaired) electrons. The molecule has 0 N–H and O–H groups in total. The highest BCUT2D eigenvalue weighted by atomic mass is 16.5. The number of benzene rings is 1. The van der Waals surface area contributed by atoms with Gasteiger partial charge in [-0.05, 0) is 62.6 Å². The molecule has 0 aliphatic carbocycles. The van der Waals surface area contributed by atoms with E-state index in [1.165, 1.54) is 0 Å². The molecule has 22 heavy (non-hydrogen) atoms. The fourth-order valence-corrected chi connectivity index (χ4v) is 2.59. The van der Waals surface area contributed by atoms with Crippen LogP contribution >= 0.6 is 0 Å². The summed E-state index contributed by atoms with van der Waals surface area (Å²) in [5.41, 5.74) is 4.12. The van der Waals surface area contributed by atoms with Crippen molar-refractivity contribution in [3.63, 3.8) is 0 Å². The SMILES string of the molecule is COc1ccc(C2=NN(c3nc(C)cc(C)n3)CCC2)cc1. The average Bonchev–Trinajstić information content (AvgIpc) is 2.54. The molecule has 0 amide bonds. The molecule has 0 bridgehead atoms. The number of ether oxygens (including phenoxy) is 1. The van der Waals surface area contributed by atoms with Gasteiger partial charge >= 0.3 is 0 Å². The van der Waals surface area contributed by atoms with E-state index in [0.717, 1.165) is 47.8 Å². The zero-order chi connectivity index (χ0) is 15.5. The predicted molar refractivity (Wildman–Crippen MR) is 87.6 cm³/mol. The number of rotatable bonds is 3. The van der Waals surface area contributed by atoms with Gasteiger partial charge < -0.3 is 4.74 Å². The first kappa shape index (κ1) is 14.5. The van der Waals surface area contributed by atoms with E-state index in [4.69, 9.17) is 9.84 Å². The van der Waals surface area contributed by atoms with Crippen LogP contribution in [0.2, 0.25) is 0 Å². The number of methoxy groups -OCH3 is 1. The van der Waals surface area contributed by atoms with Crippen LogP contribution in [0.4, 0.5) is 5.95 Å². The van der Waals surface area contributed by atoms with E-state index >= 15 is 0 Å². The molecule has 5 nitrogen and oxygen atoms in total. The minimum Gasteiger partial charge on any atom is -0.497 e. The molecule has 0 saturated carbocycles. The van der Waals surface area contributed by atoms with Gasteiger partial charge in [0.05, 0.1) is 12.8 Å². The number of aryl methyl sites for hydroxylation is 2. The van der Waals surface area contributed by atoms with Crippen molar-refractivity contribution in [1.82, 2.24) is 9.97 Å². The van der Waals surface area contributed by atoms with Crippen LogP contribution in [0, 0.1) is 13.8 Å². The molecule has 1 aliphatic heterocycles. The van der Waals surface area contributed by atoms with Crippen molar-refractivity contribution in [2.75, 3.05) is 18.7 Å². The van der Waals surface area contributed by atoms with Crippen LogP contribution < -0.4 is 9.75 Å². The Hall–Kier alpha value is -2.43. The molecule has 114 valence electrons. The summed E-state index contributed by atoms with van der Waals surface area (Å²) in [6.45, 7) is 4.81. The van der Waals surface area contributed by atoms with Crippen molar-refractivity contribution < 1.29 is 4.74 Å². The summed E-state index contributed by atoms with van der Waals surface area (Å²) < 4.78 is 5.20. The second kappa shape index (κ2) is 6.13. The van der Waals surface area contributed by atoms with Crippen molar-refractivity contribution in [3.8, 4) is 5.75 Å². The second-order valence-electron chi connectivity index (χ2n) is 5.45. The van der Waals surface area contributed by atoms with Gasteiger partial charge in [-0.2, -0.15) is 5.10 Å². The zero-order valence-electron chi connectivity index (χ0n) is 13.2. The summed E-state index contributed by atoms with van der Waals surface area (Å²) in [6, 6.07) is 9.99. The van der Waals surface area contributed by atoms with Gasteiger partial charge in [0.1, 0.15) is 5.75 Å². The minimum atomic E-state index is 0.684. The molecule has 0 saturated heterocycles. The number of anilines is 1. The Morgan fingerprint density at radius 3 is 2.36 bits per heavy atom. The van der Waals surface area contributed by atoms with Crippen molar-refractivity contribution in [3.05, 3.63) is 47.3 Å². The Bertz CT molecular complexity index is 674. The fourth-order valence-electron chi connectivity index (χ4n) is 2.59. The fraction of sp³-hybridized carbons (Fsp3) is 0.353. The molecule has 2 aromatic rings. The molecule has 1 aromatic heterocycles. The van der Waals surface area contributed by atoms with Gasteiger partial charge in [0.15, 0.2) is 0 Å². The maximum Gasteiger partial charge on any atom is 0.246 e. The van der Waals surface area contributed by atoms with Gasteiger partial charge in [0.2, 0.25) is 5.95 Å². The summed E-state index contributed by atoms with van der Waals surface area (Å²) in [4.78, 5) is 9.00. The summed E-state index contributed by atoms with van der Waals surface area (Å²) in [5.74, 6) is 1.54. The van der Waals surface area contributed by atoms with Crippen LogP contribution in [-0.2, 0) is 0 Å². The highest BCUT2D eigenvalue weighted by Gasteiger charge is 2.17. The van der Waals surface area contributed by atoms with Crippen molar-refractivity contribution >= 4 is 11.7 Å². The van der Waals surface area contributed by atoms with Gasteiger partial charge in [-0.15, -0.1) is 0 Å². The molecule has 1 aliphatic rings. The normalized spacial score (nSPS) is 14.7. The van der Waals surface area contributed by atoms with E-state index in [1.807, 2.05) is 49.2 Å². The lowest BCUT2D eigenvalue weighted by Gasteiger charge is -2.24. The number of hydrogen-bond acceptors (Lipinski definition) is 5. The summed E-state index contributed by atoms with van der Waals surface area (Å²) in [7, 11) is 1.67. The monoisotopic (exact) mass is 296 g/mol. The molecule has 3 rings (SSSR count). The Kier molecular flexibility index (Phi) is 4.04. The number of hydrazone groups is 1. The third-order valence-corrected chi connectivity index (χ3v) is 3.65. The Morgan fingerprint density at radius 1 is 1.05 bits per heavy atom. The predicted octanol–water partition coefficient (Wildman–Crippen LogP) is 3.11. The van der Waals surface area contributed by atoms with Crippen LogP contribution in [-0.4, -0.2) is 29.3 Å². The smallest absolute Gasteiger partial charge is 0.246 e. The Morgan fingerprint density at radius 2 is 1.73 bits per heavy atom. The molecule has 0 spiro atoms. The molecule has 5 heteroatoms. The van der Waals surface area contributed by atoms with Gasteiger partial charge in [0, 0.05) is 17.9 Å². The molecular formula is C17H20N4O. The summed E-state index contributed by atoms with van der Waals surface area (Å²) in [6.07, 6.45) is 2.01. The zero-order valence-corrected chi connectivity index (χ0v) is 13.2. The first-order valence-electron chi connectivity index (χ1n) is 7.47. The lowest BCUT2D eigenvalue weighted by Crippen LogP contribution is -2.28. The third kappa shape index (κ3) is 3.08. The van der Waals surface area contributed by atoms with Gasteiger partial charge in [0.25, 0.3) is 0 Å². The molecular weight excluding hydrogens is 276 g/mol. The first-order chi connectivity index (χ1) is 10.7. The van der Waals surface area contributed by atoms with Crippen LogP contribution in [0.5, 0.6) is 5.75 Å². The maximum absolute atomic E-state index is 5.20. The largest absolute Gasteiger partial charge is 0.497 e. The van der Waals surface area contributed by atoms with Gasteiger partial charge in [-0.3, -0.25) is 0 Å². The van der Waals surface area contributed by atoms with E-state index in [-0.39, 0.29) is 0 Å². The van der Waals surface area contributed by atoms with E-state index < -0.39 is 0 Å². The van der Waals surface area contributed by atoms with Crippen molar-refractivity contribution in [2.24, 2.45) is 5.10 Å². The highest BCUT2D eigenvalue weighted by Crippen LogP contribution is 2.20. The van der Waals surface area contributed by atoms with Crippen LogP contribution in [0.3, 0.4) is 0 Å². The Labute approximate surface area is 130 Å². The van der Waals surface area contributed by atoms with Gasteiger partial charge in [-0.1, -0.05) is 0 Å². The van der Waals surface area contributed by atoms with Crippen LogP contribution in [0.15, 0.2) is 35.4 Å². The standard InChI is InChI=1S/C17H20N4O/c1-12-11-13(2)19-17(18-12)21-10-4-5-16(20-21)14-6-8-15(22-3)9-7-14/h6-9,11H,4-5,10H2,1-3H3. The molecule has 1 aromatic carbocycles. The quantitative estimate of drug-likeness (QED) is 0.873. The van der Waals surface area contributed by atoms with E-state index in [9.17, 15) is 0 Å². The van der Waals surface area contributed by atoms with Crippen molar-refractivity contribution in [1.29, 1.82) is 0 Å². The first-order valence-corrected chi connectivity index (χ1v) is 7.47. The lowest BCUT2D eigenvalue weighted by molar-refractivity contribution is 0.415. The topological polar surface area (TPSA) is 50.6 Å². The number of aromatic nitrogens is 2. The maximum atomic E-state index is 5.20. The molecule has 0 unspecified atom stereocenters. The number of hydrogen-bond donors (Lipinski definition) is 0. The average molecular weight is 296 g/mol. The molecule has 0 fully saturated rings. The minimum absolute atomic E-state index is 0.684. The number of nitrogens with zero attached hydrogens (tertiary/aromatic N) is 4. The highest BCUT2D eigenvalue weighted by molar-refractivity contribution is 6.01. The second-order valence-corrected chi connectivity index (χ2v) is 5.45. The Balaban J connectivity index is 1.90. The molecule has 2 heterocycles. The van der Waals surface area contributed by atoms with Crippen LogP contribution in [0.1, 0.15) is 29.8 Å². The summed E-state index contributed by atoms with van der Waals surface area (Å²) >= 11 is 0. The summed E-state index contributed by atoms with van der Waals surface area (Å²) in [5, 5.41) is 6.65. The van der Waals surface area contributed by atoms with E-state index in [0.29, 0.717) is 5.95 Å². The lowest BCUT2D eigenvalue weighted by atomic mass is 10.0. The van der Waals surface area contributed by atoms with E-state index in [1.54, 1.807) is 7.11 Å².